The van der Waals surface area contributed by atoms with E-state index in [1.54, 1.807) is 0 Å². The minimum absolute atomic E-state index is 0.0137. The summed E-state index contributed by atoms with van der Waals surface area (Å²) in [5.41, 5.74) is 6.87. The second-order valence-corrected chi connectivity index (χ2v) is 4.54. The van der Waals surface area contributed by atoms with E-state index in [1.807, 2.05) is 18.2 Å². The van der Waals surface area contributed by atoms with Crippen LogP contribution in [0.4, 0.5) is 0 Å². The highest BCUT2D eigenvalue weighted by Gasteiger charge is 2.20. The monoisotopic (exact) mass is 269 g/mol. The van der Waals surface area contributed by atoms with Gasteiger partial charge in [-0.3, -0.25) is 0 Å². The molecule has 2 N–H and O–H groups in total. The molecule has 0 saturated carbocycles. The molecule has 0 spiro atoms. The lowest BCUT2D eigenvalue weighted by atomic mass is 10.1. The molecule has 1 heterocycles. The Morgan fingerprint density at radius 3 is 3.20 bits per heavy atom. The molecule has 80 valence electrons. The topological polar surface area (TPSA) is 44.5 Å². The summed E-state index contributed by atoms with van der Waals surface area (Å²) in [6.07, 6.45) is 0. The van der Waals surface area contributed by atoms with Crippen molar-refractivity contribution in [2.45, 2.75) is 6.04 Å². The Balaban J connectivity index is 2.12. The van der Waals surface area contributed by atoms with Gasteiger partial charge in [-0.25, -0.2) is 0 Å². The van der Waals surface area contributed by atoms with Crippen LogP contribution < -0.4 is 15.2 Å². The minimum atomic E-state index is -0.0137. The summed E-state index contributed by atoms with van der Waals surface area (Å²) in [4.78, 5) is 0. The van der Waals surface area contributed by atoms with Gasteiger partial charge in [0, 0.05) is 16.1 Å². The average molecular weight is 270 g/mol. The largest absolute Gasteiger partial charge is 0.491 e. The third kappa shape index (κ3) is 2.33. The molecule has 0 radical (unpaired) electrons. The van der Waals surface area contributed by atoms with Crippen molar-refractivity contribution in [3.63, 3.8) is 0 Å². The fourth-order valence-corrected chi connectivity index (χ4v) is 1.58. The van der Waals surface area contributed by atoms with Crippen molar-refractivity contribution in [1.29, 1.82) is 0 Å². The Kier molecular flexibility index (Phi) is 2.98. The zero-order chi connectivity index (χ0) is 10.8. The van der Waals surface area contributed by atoms with Crippen LogP contribution >= 0.6 is 15.9 Å². The number of halogens is 1. The average Bonchev–Trinajstić information content (AvgIpc) is 2.57. The molecule has 0 bridgehead atoms. The van der Waals surface area contributed by atoms with Crippen LogP contribution in [-0.4, -0.2) is 13.2 Å². The molecule has 0 amide bonds. The summed E-state index contributed by atoms with van der Waals surface area (Å²) >= 11 is 3.23. The smallest absolute Gasteiger partial charge is 0.127 e. The second kappa shape index (κ2) is 4.24. The van der Waals surface area contributed by atoms with Gasteiger partial charge in [-0.05, 0) is 12.1 Å². The van der Waals surface area contributed by atoms with E-state index in [0.29, 0.717) is 13.2 Å². The number of benzene rings is 1. The van der Waals surface area contributed by atoms with Crippen molar-refractivity contribution < 1.29 is 9.47 Å². The Morgan fingerprint density at radius 1 is 1.67 bits per heavy atom. The Morgan fingerprint density at radius 2 is 2.47 bits per heavy atom. The maximum Gasteiger partial charge on any atom is 0.127 e. The van der Waals surface area contributed by atoms with Crippen LogP contribution in [0, 0.1) is 0 Å². The molecule has 0 aromatic heterocycles. The molecule has 0 aliphatic carbocycles. The van der Waals surface area contributed by atoms with Gasteiger partial charge in [-0.2, -0.15) is 0 Å². The van der Waals surface area contributed by atoms with E-state index in [0.717, 1.165) is 21.5 Å². The molecule has 1 atom stereocenters. The standard InChI is InChI=1S/C11H12BrNO2/c1-7(12)5-14-8-2-3-9-10(13)6-15-11(9)4-8/h2-4,10H,1,5-6,13H2. The summed E-state index contributed by atoms with van der Waals surface area (Å²) in [5, 5.41) is 0. The third-order valence-corrected chi connectivity index (χ3v) is 2.43. The predicted octanol–water partition coefficient (Wildman–Crippen LogP) is 2.37. The highest BCUT2D eigenvalue weighted by atomic mass is 79.9. The van der Waals surface area contributed by atoms with E-state index in [9.17, 15) is 0 Å². The van der Waals surface area contributed by atoms with Crippen LogP contribution in [0.2, 0.25) is 0 Å². The zero-order valence-electron chi connectivity index (χ0n) is 8.20. The first-order chi connectivity index (χ1) is 7.16. The van der Waals surface area contributed by atoms with E-state index >= 15 is 0 Å². The molecule has 2 rings (SSSR count). The lowest BCUT2D eigenvalue weighted by Gasteiger charge is -2.06. The van der Waals surface area contributed by atoms with Crippen LogP contribution in [0.25, 0.3) is 0 Å². The van der Waals surface area contributed by atoms with Gasteiger partial charge in [-0.1, -0.05) is 22.5 Å². The molecule has 1 aromatic carbocycles. The molecule has 1 aliphatic heterocycles. The second-order valence-electron chi connectivity index (χ2n) is 3.42. The summed E-state index contributed by atoms with van der Waals surface area (Å²) in [7, 11) is 0. The van der Waals surface area contributed by atoms with E-state index in [2.05, 4.69) is 22.5 Å². The van der Waals surface area contributed by atoms with Gasteiger partial charge in [0.2, 0.25) is 0 Å². The molecule has 4 heteroatoms. The van der Waals surface area contributed by atoms with Gasteiger partial charge in [0.05, 0.1) is 6.04 Å². The minimum Gasteiger partial charge on any atom is -0.491 e. The van der Waals surface area contributed by atoms with Crippen LogP contribution in [0.1, 0.15) is 11.6 Å². The molecule has 15 heavy (non-hydrogen) atoms. The van der Waals surface area contributed by atoms with Gasteiger partial charge in [0.1, 0.15) is 24.7 Å². The summed E-state index contributed by atoms with van der Waals surface area (Å²) in [6, 6.07) is 5.68. The summed E-state index contributed by atoms with van der Waals surface area (Å²) in [6.45, 7) is 4.69. The lowest BCUT2D eigenvalue weighted by Crippen LogP contribution is -2.10. The number of hydrogen-bond acceptors (Lipinski definition) is 3. The van der Waals surface area contributed by atoms with Crippen LogP contribution in [-0.2, 0) is 0 Å². The Bertz CT molecular complexity index is 392. The molecule has 0 fully saturated rings. The van der Waals surface area contributed by atoms with Crippen LogP contribution in [0.5, 0.6) is 11.5 Å². The first-order valence-corrected chi connectivity index (χ1v) is 5.44. The highest BCUT2D eigenvalue weighted by Crippen LogP contribution is 2.34. The fraction of sp³-hybridized carbons (Fsp3) is 0.273. The number of fused-ring (bicyclic) bond motifs is 1. The van der Waals surface area contributed by atoms with Crippen LogP contribution in [0.15, 0.2) is 29.3 Å². The molecule has 3 nitrogen and oxygen atoms in total. The van der Waals surface area contributed by atoms with Crippen molar-refractivity contribution in [1.82, 2.24) is 0 Å². The van der Waals surface area contributed by atoms with Crippen molar-refractivity contribution in [2.24, 2.45) is 5.73 Å². The Labute approximate surface area is 97.0 Å². The molecular weight excluding hydrogens is 258 g/mol. The predicted molar refractivity (Wildman–Crippen MR) is 62.4 cm³/mol. The molecule has 1 aliphatic rings. The van der Waals surface area contributed by atoms with Crippen molar-refractivity contribution >= 4 is 15.9 Å². The van der Waals surface area contributed by atoms with E-state index in [-0.39, 0.29) is 6.04 Å². The zero-order valence-corrected chi connectivity index (χ0v) is 9.79. The van der Waals surface area contributed by atoms with Gasteiger partial charge in [0.15, 0.2) is 0 Å². The number of hydrogen-bond donors (Lipinski definition) is 1. The quantitative estimate of drug-likeness (QED) is 0.917. The van der Waals surface area contributed by atoms with Gasteiger partial charge < -0.3 is 15.2 Å². The third-order valence-electron chi connectivity index (χ3n) is 2.20. The first kappa shape index (κ1) is 10.5. The fourth-order valence-electron chi connectivity index (χ4n) is 1.47. The summed E-state index contributed by atoms with van der Waals surface area (Å²) in [5.74, 6) is 1.59. The maximum atomic E-state index is 5.83. The lowest BCUT2D eigenvalue weighted by molar-refractivity contribution is 0.327. The van der Waals surface area contributed by atoms with Gasteiger partial charge in [0.25, 0.3) is 0 Å². The van der Waals surface area contributed by atoms with E-state index in [4.69, 9.17) is 15.2 Å². The van der Waals surface area contributed by atoms with Crippen LogP contribution in [0.3, 0.4) is 0 Å². The number of rotatable bonds is 3. The van der Waals surface area contributed by atoms with Gasteiger partial charge >= 0.3 is 0 Å². The number of nitrogens with two attached hydrogens (primary N) is 1. The summed E-state index contributed by atoms with van der Waals surface area (Å²) < 4.78 is 11.7. The maximum absolute atomic E-state index is 5.83. The van der Waals surface area contributed by atoms with Crippen molar-refractivity contribution in [3.05, 3.63) is 34.8 Å². The van der Waals surface area contributed by atoms with E-state index < -0.39 is 0 Å². The highest BCUT2D eigenvalue weighted by molar-refractivity contribution is 9.11. The Hall–Kier alpha value is -1.00. The van der Waals surface area contributed by atoms with E-state index in [1.165, 1.54) is 0 Å². The first-order valence-electron chi connectivity index (χ1n) is 4.65. The SMILES string of the molecule is C=C(Br)COc1ccc2c(c1)OCC2N. The van der Waals surface area contributed by atoms with Gasteiger partial charge in [-0.15, -0.1) is 0 Å². The van der Waals surface area contributed by atoms with Crippen molar-refractivity contribution in [3.8, 4) is 11.5 Å². The van der Waals surface area contributed by atoms with Crippen molar-refractivity contribution in [2.75, 3.05) is 13.2 Å². The number of ether oxygens (including phenoxy) is 2. The molecular formula is C11H12BrNO2. The molecule has 1 unspecified atom stereocenters. The normalized spacial score (nSPS) is 18.1. The molecule has 0 saturated heterocycles. The molecule has 1 aromatic rings.